The molecular formula is C16H25ClN2O3S. The summed E-state index contributed by atoms with van der Waals surface area (Å²) in [6.07, 6.45) is 4.11. The molecule has 0 saturated heterocycles. The maximum Gasteiger partial charge on any atom is 0.225 e. The van der Waals surface area contributed by atoms with Gasteiger partial charge in [0.1, 0.15) is 0 Å². The molecule has 0 atom stereocenters. The SMILES string of the molecule is CCCCCN(CCC(=O)Nc1ccc(Cl)cc1C)S(C)(=O)=O. The molecule has 1 rings (SSSR count). The van der Waals surface area contributed by atoms with Crippen molar-refractivity contribution in [2.75, 3.05) is 24.7 Å². The molecule has 0 spiro atoms. The number of sulfonamides is 1. The van der Waals surface area contributed by atoms with Gasteiger partial charge in [-0.1, -0.05) is 31.4 Å². The van der Waals surface area contributed by atoms with Gasteiger partial charge < -0.3 is 5.32 Å². The van der Waals surface area contributed by atoms with Crippen LogP contribution >= 0.6 is 11.6 Å². The second kappa shape index (κ2) is 9.25. The van der Waals surface area contributed by atoms with Gasteiger partial charge in [-0.15, -0.1) is 0 Å². The number of unbranched alkanes of at least 4 members (excludes halogenated alkanes) is 2. The van der Waals surface area contributed by atoms with Crippen molar-refractivity contribution in [2.45, 2.75) is 39.5 Å². The molecule has 0 aliphatic heterocycles. The van der Waals surface area contributed by atoms with Crippen molar-refractivity contribution in [1.82, 2.24) is 4.31 Å². The van der Waals surface area contributed by atoms with E-state index in [1.54, 1.807) is 18.2 Å². The molecule has 0 bridgehead atoms. The Labute approximate surface area is 144 Å². The van der Waals surface area contributed by atoms with E-state index in [0.29, 0.717) is 17.3 Å². The van der Waals surface area contributed by atoms with E-state index in [2.05, 4.69) is 12.2 Å². The number of halogens is 1. The molecule has 0 saturated carbocycles. The first-order valence-electron chi connectivity index (χ1n) is 7.75. The van der Waals surface area contributed by atoms with E-state index in [4.69, 9.17) is 11.6 Å². The monoisotopic (exact) mass is 360 g/mol. The van der Waals surface area contributed by atoms with Crippen molar-refractivity contribution in [3.05, 3.63) is 28.8 Å². The highest BCUT2D eigenvalue weighted by atomic mass is 35.5. The van der Waals surface area contributed by atoms with E-state index in [1.807, 2.05) is 6.92 Å². The normalized spacial score (nSPS) is 11.7. The van der Waals surface area contributed by atoms with Crippen molar-refractivity contribution < 1.29 is 13.2 Å². The number of hydrogen-bond acceptors (Lipinski definition) is 3. The summed E-state index contributed by atoms with van der Waals surface area (Å²) in [5, 5.41) is 3.40. The molecule has 1 aromatic rings. The Hall–Kier alpha value is -1.11. The highest BCUT2D eigenvalue weighted by Crippen LogP contribution is 2.19. The Kier molecular flexibility index (Phi) is 8.02. The van der Waals surface area contributed by atoms with Gasteiger partial charge >= 0.3 is 0 Å². The fourth-order valence-corrected chi connectivity index (χ4v) is 3.30. The van der Waals surface area contributed by atoms with Gasteiger partial charge in [0.15, 0.2) is 0 Å². The van der Waals surface area contributed by atoms with E-state index in [-0.39, 0.29) is 18.9 Å². The Morgan fingerprint density at radius 1 is 1.26 bits per heavy atom. The minimum atomic E-state index is -3.29. The number of carbonyl (C=O) groups is 1. The van der Waals surface area contributed by atoms with Crippen LogP contribution in [0.2, 0.25) is 5.02 Å². The van der Waals surface area contributed by atoms with Crippen LogP contribution in [0.15, 0.2) is 18.2 Å². The number of anilines is 1. The molecule has 0 aromatic heterocycles. The highest BCUT2D eigenvalue weighted by molar-refractivity contribution is 7.88. The molecule has 1 amide bonds. The Morgan fingerprint density at radius 2 is 1.96 bits per heavy atom. The number of amides is 1. The number of nitrogens with one attached hydrogen (secondary N) is 1. The molecule has 1 aromatic carbocycles. The van der Waals surface area contributed by atoms with Gasteiger partial charge in [0.05, 0.1) is 6.26 Å². The van der Waals surface area contributed by atoms with Crippen LogP contribution in [-0.4, -0.2) is 38.0 Å². The van der Waals surface area contributed by atoms with Crippen LogP contribution in [0.3, 0.4) is 0 Å². The minimum absolute atomic E-state index is 0.126. The summed E-state index contributed by atoms with van der Waals surface area (Å²) < 4.78 is 24.9. The van der Waals surface area contributed by atoms with Crippen LogP contribution in [0.5, 0.6) is 0 Å². The first-order valence-corrected chi connectivity index (χ1v) is 9.97. The highest BCUT2D eigenvalue weighted by Gasteiger charge is 2.17. The van der Waals surface area contributed by atoms with Crippen molar-refractivity contribution >= 4 is 33.2 Å². The van der Waals surface area contributed by atoms with Gasteiger partial charge in [-0.25, -0.2) is 12.7 Å². The number of benzene rings is 1. The third kappa shape index (κ3) is 7.33. The van der Waals surface area contributed by atoms with Crippen LogP contribution in [0.25, 0.3) is 0 Å². The van der Waals surface area contributed by atoms with Crippen molar-refractivity contribution in [3.8, 4) is 0 Å². The average Bonchev–Trinajstić information content (AvgIpc) is 2.44. The van der Waals surface area contributed by atoms with Gasteiger partial charge in [-0.2, -0.15) is 0 Å². The van der Waals surface area contributed by atoms with E-state index in [9.17, 15) is 13.2 Å². The van der Waals surface area contributed by atoms with Crippen LogP contribution in [0.1, 0.15) is 38.2 Å². The van der Waals surface area contributed by atoms with E-state index in [0.717, 1.165) is 24.8 Å². The second-order valence-corrected chi connectivity index (χ2v) is 8.05. The van der Waals surface area contributed by atoms with Crippen LogP contribution < -0.4 is 5.32 Å². The third-order valence-electron chi connectivity index (χ3n) is 3.53. The van der Waals surface area contributed by atoms with Gasteiger partial charge in [0.2, 0.25) is 15.9 Å². The maximum atomic E-state index is 12.0. The Balaban J connectivity index is 2.57. The molecule has 0 aliphatic rings. The molecule has 130 valence electrons. The number of rotatable bonds is 9. The number of carbonyl (C=O) groups excluding carboxylic acids is 1. The molecular weight excluding hydrogens is 336 g/mol. The van der Waals surface area contributed by atoms with E-state index >= 15 is 0 Å². The topological polar surface area (TPSA) is 66.5 Å². The van der Waals surface area contributed by atoms with E-state index in [1.165, 1.54) is 10.6 Å². The number of nitrogens with zero attached hydrogens (tertiary/aromatic N) is 1. The molecule has 5 nitrogen and oxygen atoms in total. The van der Waals surface area contributed by atoms with Crippen molar-refractivity contribution in [2.24, 2.45) is 0 Å². The molecule has 7 heteroatoms. The summed E-state index contributed by atoms with van der Waals surface area (Å²) in [4.78, 5) is 12.0. The predicted octanol–water partition coefficient (Wildman–Crippen LogP) is 3.43. The third-order valence-corrected chi connectivity index (χ3v) is 5.07. The first-order chi connectivity index (χ1) is 10.7. The van der Waals surface area contributed by atoms with E-state index < -0.39 is 10.0 Å². The second-order valence-electron chi connectivity index (χ2n) is 5.63. The van der Waals surface area contributed by atoms with Crippen LogP contribution in [0.4, 0.5) is 5.69 Å². The zero-order valence-corrected chi connectivity index (χ0v) is 15.5. The van der Waals surface area contributed by atoms with Gasteiger partial charge in [-0.05, 0) is 37.1 Å². The summed E-state index contributed by atoms with van der Waals surface area (Å²) >= 11 is 5.88. The summed E-state index contributed by atoms with van der Waals surface area (Å²) in [5.74, 6) is -0.209. The number of aryl methyl sites for hydroxylation is 1. The largest absolute Gasteiger partial charge is 0.326 e. The smallest absolute Gasteiger partial charge is 0.225 e. The zero-order valence-electron chi connectivity index (χ0n) is 13.9. The lowest BCUT2D eigenvalue weighted by atomic mass is 10.2. The first kappa shape index (κ1) is 19.9. The lowest BCUT2D eigenvalue weighted by molar-refractivity contribution is -0.116. The molecule has 23 heavy (non-hydrogen) atoms. The summed E-state index contributed by atoms with van der Waals surface area (Å²) in [6, 6.07) is 5.22. The van der Waals surface area contributed by atoms with Gasteiger partial charge in [0, 0.05) is 30.2 Å². The molecule has 1 N–H and O–H groups in total. The zero-order chi connectivity index (χ0) is 17.5. The lowest BCUT2D eigenvalue weighted by Crippen LogP contribution is -2.33. The lowest BCUT2D eigenvalue weighted by Gasteiger charge is -2.19. The molecule has 0 aliphatic carbocycles. The fraction of sp³-hybridized carbons (Fsp3) is 0.562. The van der Waals surface area contributed by atoms with Gasteiger partial charge in [0.25, 0.3) is 0 Å². The molecule has 0 unspecified atom stereocenters. The fourth-order valence-electron chi connectivity index (χ4n) is 2.19. The number of hydrogen-bond donors (Lipinski definition) is 1. The molecule has 0 heterocycles. The van der Waals surface area contributed by atoms with Crippen LogP contribution in [0, 0.1) is 6.92 Å². The maximum absolute atomic E-state index is 12.0. The average molecular weight is 361 g/mol. The Morgan fingerprint density at radius 3 is 2.52 bits per heavy atom. The van der Waals surface area contributed by atoms with Crippen molar-refractivity contribution in [1.29, 1.82) is 0 Å². The minimum Gasteiger partial charge on any atom is -0.326 e. The van der Waals surface area contributed by atoms with Crippen molar-refractivity contribution in [3.63, 3.8) is 0 Å². The standard InChI is InChI=1S/C16H25ClN2O3S/c1-4-5-6-10-19(23(3,21)22)11-9-16(20)18-15-8-7-14(17)12-13(15)2/h7-8,12H,4-6,9-11H2,1-3H3,(H,18,20). The Bertz CT molecular complexity index is 632. The molecule has 0 fully saturated rings. The quantitative estimate of drug-likeness (QED) is 0.686. The summed E-state index contributed by atoms with van der Waals surface area (Å²) in [6.45, 7) is 4.57. The van der Waals surface area contributed by atoms with Crippen LogP contribution in [-0.2, 0) is 14.8 Å². The summed E-state index contributed by atoms with van der Waals surface area (Å²) in [5.41, 5.74) is 1.56. The van der Waals surface area contributed by atoms with Gasteiger partial charge in [-0.3, -0.25) is 4.79 Å². The molecule has 0 radical (unpaired) electrons. The predicted molar refractivity (Wildman–Crippen MR) is 95.4 cm³/mol. The summed E-state index contributed by atoms with van der Waals surface area (Å²) in [7, 11) is -3.29.